The summed E-state index contributed by atoms with van der Waals surface area (Å²) in [5.74, 6) is -0.381. The van der Waals surface area contributed by atoms with Crippen molar-refractivity contribution in [2.75, 3.05) is 13.1 Å². The maximum Gasteiger partial charge on any atom is 0.268 e. The van der Waals surface area contributed by atoms with Crippen LogP contribution in [0.5, 0.6) is 0 Å². The van der Waals surface area contributed by atoms with Gasteiger partial charge in [0.05, 0.1) is 6.54 Å². The number of nitrogens with one attached hydrogen (secondary N) is 2. The second-order valence-electron chi connectivity index (χ2n) is 4.32. The number of hydrogen-bond acceptors (Lipinski definition) is 2. The molecule has 0 spiro atoms. The summed E-state index contributed by atoms with van der Waals surface area (Å²) in [6, 6.07) is 2.22. The molecule has 1 aromatic heterocycles. The molecule has 2 rings (SSSR count). The lowest BCUT2D eigenvalue weighted by molar-refractivity contribution is -0.120. The van der Waals surface area contributed by atoms with E-state index in [1.54, 1.807) is 6.07 Å². The number of nitrogens with zero attached hydrogens (tertiary/aromatic N) is 1. The van der Waals surface area contributed by atoms with Crippen molar-refractivity contribution in [3.8, 4) is 0 Å². The summed E-state index contributed by atoms with van der Waals surface area (Å²) >= 11 is 3.37. The number of likely N-dealkylation sites (N-methyl/N-ethyl adjacent to an activating group) is 1. The topological polar surface area (TPSA) is 63.1 Å². The third kappa shape index (κ3) is 3.13. The zero-order valence-electron chi connectivity index (χ0n) is 10.2. The monoisotopic (exact) mass is 313 g/mol. The molecular weight excluding hydrogens is 298 g/mol. The minimum atomic E-state index is -0.209. The van der Waals surface area contributed by atoms with Gasteiger partial charge in [-0.05, 0) is 41.8 Å². The molecule has 0 aromatic carbocycles. The van der Waals surface area contributed by atoms with E-state index < -0.39 is 0 Å². The molecule has 1 aromatic rings. The van der Waals surface area contributed by atoms with Crippen molar-refractivity contribution < 1.29 is 9.59 Å². The fraction of sp³-hybridized carbons (Fsp3) is 0.500. The van der Waals surface area contributed by atoms with Crippen LogP contribution in [-0.4, -0.2) is 29.5 Å². The van der Waals surface area contributed by atoms with Crippen LogP contribution in [0.1, 0.15) is 36.3 Å². The molecule has 2 N–H and O–H groups in total. The predicted molar refractivity (Wildman–Crippen MR) is 71.4 cm³/mol. The summed E-state index contributed by atoms with van der Waals surface area (Å²) in [4.78, 5) is 23.3. The van der Waals surface area contributed by atoms with Crippen molar-refractivity contribution >= 4 is 27.7 Å². The van der Waals surface area contributed by atoms with Crippen molar-refractivity contribution in [2.24, 2.45) is 0 Å². The van der Waals surface area contributed by atoms with E-state index in [2.05, 4.69) is 26.6 Å². The summed E-state index contributed by atoms with van der Waals surface area (Å²) in [6.45, 7) is 2.42. The van der Waals surface area contributed by atoms with Crippen LogP contribution >= 0.6 is 15.9 Å². The number of carbonyl (C=O) groups is 2. The fourth-order valence-corrected chi connectivity index (χ4v) is 2.23. The summed E-state index contributed by atoms with van der Waals surface area (Å²) in [5.41, 5.74) is 0.605. The van der Waals surface area contributed by atoms with Crippen molar-refractivity contribution in [2.45, 2.75) is 25.8 Å². The Hall–Kier alpha value is -1.30. The normalized spacial score (nSPS) is 14.3. The van der Waals surface area contributed by atoms with Gasteiger partial charge in [-0.25, -0.2) is 0 Å². The van der Waals surface area contributed by atoms with E-state index in [-0.39, 0.29) is 18.4 Å². The van der Waals surface area contributed by atoms with E-state index in [0.717, 1.165) is 17.3 Å². The average Bonchev–Trinajstić information content (AvgIpc) is 3.10. The molecule has 0 saturated heterocycles. The SMILES string of the molecule is CCNC(=O)CNC(=O)c1cc(Br)cn1C1CC1. The van der Waals surface area contributed by atoms with E-state index in [1.807, 2.05) is 17.7 Å². The van der Waals surface area contributed by atoms with Crippen molar-refractivity contribution in [1.29, 1.82) is 0 Å². The third-order valence-electron chi connectivity index (χ3n) is 2.77. The molecule has 6 heteroatoms. The Morgan fingerprint density at radius 2 is 2.17 bits per heavy atom. The van der Waals surface area contributed by atoms with Crippen LogP contribution in [0.25, 0.3) is 0 Å². The van der Waals surface area contributed by atoms with Gasteiger partial charge in [0.2, 0.25) is 5.91 Å². The second kappa shape index (κ2) is 5.56. The number of aromatic nitrogens is 1. The van der Waals surface area contributed by atoms with Gasteiger partial charge in [0.1, 0.15) is 5.69 Å². The zero-order chi connectivity index (χ0) is 13.1. The van der Waals surface area contributed by atoms with E-state index in [0.29, 0.717) is 18.3 Å². The highest BCUT2D eigenvalue weighted by Crippen LogP contribution is 2.37. The second-order valence-corrected chi connectivity index (χ2v) is 5.23. The Morgan fingerprint density at radius 3 is 2.78 bits per heavy atom. The Kier molecular flexibility index (Phi) is 4.06. The lowest BCUT2D eigenvalue weighted by Gasteiger charge is -2.08. The highest BCUT2D eigenvalue weighted by molar-refractivity contribution is 9.10. The lowest BCUT2D eigenvalue weighted by Crippen LogP contribution is -2.37. The van der Waals surface area contributed by atoms with Crippen LogP contribution < -0.4 is 10.6 Å². The quantitative estimate of drug-likeness (QED) is 0.864. The van der Waals surface area contributed by atoms with Crippen LogP contribution in [0, 0.1) is 0 Å². The van der Waals surface area contributed by atoms with Crippen molar-refractivity contribution in [3.63, 3.8) is 0 Å². The number of hydrogen-bond donors (Lipinski definition) is 2. The molecule has 1 heterocycles. The summed E-state index contributed by atoms with van der Waals surface area (Å²) in [7, 11) is 0. The van der Waals surface area contributed by atoms with Gasteiger partial charge in [-0.2, -0.15) is 0 Å². The third-order valence-corrected chi connectivity index (χ3v) is 3.21. The molecule has 0 aliphatic heterocycles. The standard InChI is InChI=1S/C12H16BrN3O2/c1-2-14-11(17)6-15-12(18)10-5-8(13)7-16(10)9-3-4-9/h5,7,9H,2-4,6H2,1H3,(H,14,17)(H,15,18). The molecule has 0 bridgehead atoms. The first-order valence-corrected chi connectivity index (χ1v) is 6.83. The smallest absolute Gasteiger partial charge is 0.268 e. The van der Waals surface area contributed by atoms with Crippen LogP contribution in [-0.2, 0) is 4.79 Å². The summed E-state index contributed by atoms with van der Waals surface area (Å²) < 4.78 is 2.86. The largest absolute Gasteiger partial charge is 0.355 e. The summed E-state index contributed by atoms with van der Waals surface area (Å²) in [5, 5.41) is 5.26. The highest BCUT2D eigenvalue weighted by Gasteiger charge is 2.27. The van der Waals surface area contributed by atoms with E-state index in [9.17, 15) is 9.59 Å². The van der Waals surface area contributed by atoms with Gasteiger partial charge in [-0.1, -0.05) is 0 Å². The van der Waals surface area contributed by atoms with E-state index >= 15 is 0 Å². The van der Waals surface area contributed by atoms with Gasteiger partial charge in [0, 0.05) is 23.3 Å². The predicted octanol–water partition coefficient (Wildman–Crippen LogP) is 1.45. The first-order valence-electron chi connectivity index (χ1n) is 6.04. The molecule has 1 aliphatic rings. The fourth-order valence-electron chi connectivity index (χ4n) is 1.79. The van der Waals surface area contributed by atoms with Crippen molar-refractivity contribution in [1.82, 2.24) is 15.2 Å². The van der Waals surface area contributed by atoms with Crippen LogP contribution in [0.3, 0.4) is 0 Å². The van der Waals surface area contributed by atoms with Crippen LogP contribution in [0.15, 0.2) is 16.7 Å². The van der Waals surface area contributed by atoms with Crippen molar-refractivity contribution in [3.05, 3.63) is 22.4 Å². The molecule has 0 unspecified atom stereocenters. The van der Waals surface area contributed by atoms with E-state index in [4.69, 9.17) is 0 Å². The van der Waals surface area contributed by atoms with Gasteiger partial charge < -0.3 is 15.2 Å². The molecule has 1 fully saturated rings. The van der Waals surface area contributed by atoms with Gasteiger partial charge in [-0.15, -0.1) is 0 Å². The zero-order valence-corrected chi connectivity index (χ0v) is 11.8. The Labute approximate surface area is 114 Å². The molecule has 1 aliphatic carbocycles. The lowest BCUT2D eigenvalue weighted by atomic mass is 10.4. The number of carbonyl (C=O) groups excluding carboxylic acids is 2. The minimum absolute atomic E-state index is 0.0140. The molecular formula is C12H16BrN3O2. The molecule has 2 amide bonds. The highest BCUT2D eigenvalue weighted by atomic mass is 79.9. The Balaban J connectivity index is 1.98. The number of amides is 2. The maximum atomic E-state index is 12.0. The molecule has 0 radical (unpaired) electrons. The van der Waals surface area contributed by atoms with Gasteiger partial charge >= 0.3 is 0 Å². The van der Waals surface area contributed by atoms with Gasteiger partial charge in [0.25, 0.3) is 5.91 Å². The first kappa shape index (κ1) is 13.1. The maximum absolute atomic E-state index is 12.0. The minimum Gasteiger partial charge on any atom is -0.355 e. The van der Waals surface area contributed by atoms with Gasteiger partial charge in [-0.3, -0.25) is 9.59 Å². The molecule has 98 valence electrons. The first-order chi connectivity index (χ1) is 8.61. The van der Waals surface area contributed by atoms with Gasteiger partial charge in [0.15, 0.2) is 0 Å². The van der Waals surface area contributed by atoms with Crippen LogP contribution in [0.2, 0.25) is 0 Å². The number of rotatable bonds is 5. The van der Waals surface area contributed by atoms with Crippen LogP contribution in [0.4, 0.5) is 0 Å². The van der Waals surface area contributed by atoms with E-state index in [1.165, 1.54) is 0 Å². The summed E-state index contributed by atoms with van der Waals surface area (Å²) in [6.07, 6.45) is 4.13. The Morgan fingerprint density at radius 1 is 1.44 bits per heavy atom. The molecule has 5 nitrogen and oxygen atoms in total. The average molecular weight is 314 g/mol. The molecule has 18 heavy (non-hydrogen) atoms. The Bertz CT molecular complexity index is 466. The molecule has 1 saturated carbocycles. The number of halogens is 1. The molecule has 0 atom stereocenters.